The SMILES string of the molecule is CCCN=C1CCC(NCCNC)CC1=C(N)C(=O)N1CCCCC1. The molecule has 1 unspecified atom stereocenters. The molecule has 1 saturated carbocycles. The number of likely N-dealkylation sites (N-methyl/N-ethyl adjacent to an activating group) is 1. The van der Waals surface area contributed by atoms with Crippen molar-refractivity contribution in [2.75, 3.05) is 39.8 Å². The van der Waals surface area contributed by atoms with Crippen LogP contribution in [0.4, 0.5) is 0 Å². The van der Waals surface area contributed by atoms with Gasteiger partial charge < -0.3 is 21.3 Å². The highest BCUT2D eigenvalue weighted by Crippen LogP contribution is 2.25. The Morgan fingerprint density at radius 1 is 1.28 bits per heavy atom. The molecule has 0 aromatic heterocycles. The zero-order chi connectivity index (χ0) is 18.1. The largest absolute Gasteiger partial charge is 0.394 e. The van der Waals surface area contributed by atoms with E-state index in [4.69, 9.17) is 10.7 Å². The van der Waals surface area contributed by atoms with Gasteiger partial charge in [-0.25, -0.2) is 0 Å². The summed E-state index contributed by atoms with van der Waals surface area (Å²) >= 11 is 0. The average Bonchev–Trinajstić information content (AvgIpc) is 2.66. The molecule has 1 heterocycles. The van der Waals surface area contributed by atoms with E-state index in [0.717, 1.165) is 82.5 Å². The number of nitrogens with one attached hydrogen (secondary N) is 2. The molecule has 6 heteroatoms. The third-order valence-corrected chi connectivity index (χ3v) is 5.06. The van der Waals surface area contributed by atoms with Crippen LogP contribution < -0.4 is 16.4 Å². The van der Waals surface area contributed by atoms with Gasteiger partial charge in [-0.15, -0.1) is 0 Å². The van der Waals surface area contributed by atoms with Gasteiger partial charge in [-0.3, -0.25) is 9.79 Å². The molecular weight excluding hydrogens is 314 g/mol. The van der Waals surface area contributed by atoms with Crippen LogP contribution in [-0.4, -0.2) is 62.3 Å². The van der Waals surface area contributed by atoms with Gasteiger partial charge in [0.1, 0.15) is 5.70 Å². The van der Waals surface area contributed by atoms with E-state index < -0.39 is 0 Å². The van der Waals surface area contributed by atoms with E-state index in [1.807, 2.05) is 11.9 Å². The van der Waals surface area contributed by atoms with E-state index in [1.165, 1.54) is 6.42 Å². The first-order valence-corrected chi connectivity index (χ1v) is 9.87. The molecule has 25 heavy (non-hydrogen) atoms. The van der Waals surface area contributed by atoms with Crippen molar-refractivity contribution in [3.05, 3.63) is 11.3 Å². The molecule has 2 aliphatic rings. The topological polar surface area (TPSA) is 82.7 Å². The summed E-state index contributed by atoms with van der Waals surface area (Å²) in [5.41, 5.74) is 8.83. The number of carbonyl (C=O) groups is 1. The van der Waals surface area contributed by atoms with Crippen molar-refractivity contribution in [2.24, 2.45) is 10.7 Å². The van der Waals surface area contributed by atoms with E-state index in [0.29, 0.717) is 11.7 Å². The third kappa shape index (κ3) is 5.82. The molecule has 2 fully saturated rings. The molecule has 1 atom stereocenters. The van der Waals surface area contributed by atoms with Gasteiger partial charge in [-0.05, 0) is 52.0 Å². The fraction of sp³-hybridized carbons (Fsp3) is 0.789. The summed E-state index contributed by atoms with van der Waals surface area (Å²) < 4.78 is 0. The van der Waals surface area contributed by atoms with E-state index in [1.54, 1.807) is 0 Å². The van der Waals surface area contributed by atoms with Gasteiger partial charge in [0.15, 0.2) is 0 Å². The maximum Gasteiger partial charge on any atom is 0.270 e. The van der Waals surface area contributed by atoms with Gasteiger partial charge >= 0.3 is 0 Å². The van der Waals surface area contributed by atoms with Gasteiger partial charge in [0, 0.05) is 50.1 Å². The Balaban J connectivity index is 2.14. The van der Waals surface area contributed by atoms with Crippen molar-refractivity contribution in [3.8, 4) is 0 Å². The van der Waals surface area contributed by atoms with Crippen LogP contribution in [0, 0.1) is 0 Å². The molecule has 2 rings (SSSR count). The van der Waals surface area contributed by atoms with Gasteiger partial charge in [0.25, 0.3) is 5.91 Å². The predicted molar refractivity (Wildman–Crippen MR) is 104 cm³/mol. The molecule has 0 radical (unpaired) electrons. The van der Waals surface area contributed by atoms with Crippen molar-refractivity contribution in [2.45, 2.75) is 57.9 Å². The third-order valence-electron chi connectivity index (χ3n) is 5.06. The Morgan fingerprint density at radius 3 is 2.72 bits per heavy atom. The molecule has 142 valence electrons. The summed E-state index contributed by atoms with van der Waals surface area (Å²) in [6, 6.07) is 0.372. The second-order valence-corrected chi connectivity index (χ2v) is 7.07. The first-order chi connectivity index (χ1) is 12.2. The number of carbonyl (C=O) groups excluding carboxylic acids is 1. The van der Waals surface area contributed by atoms with E-state index >= 15 is 0 Å². The fourth-order valence-corrected chi connectivity index (χ4v) is 3.59. The number of aliphatic imine (C=N–C) groups is 1. The van der Waals surface area contributed by atoms with Crippen LogP contribution in [0.1, 0.15) is 51.9 Å². The Labute approximate surface area is 152 Å². The highest BCUT2D eigenvalue weighted by molar-refractivity contribution is 6.08. The molecule has 0 aromatic rings. The first kappa shape index (κ1) is 19.9. The number of piperidine rings is 1. The van der Waals surface area contributed by atoms with Gasteiger partial charge in [0.05, 0.1) is 0 Å². The van der Waals surface area contributed by atoms with Crippen molar-refractivity contribution >= 4 is 11.6 Å². The number of likely N-dealkylation sites (tertiary alicyclic amines) is 1. The Hall–Kier alpha value is -1.40. The van der Waals surface area contributed by atoms with Gasteiger partial charge in [-0.2, -0.15) is 0 Å². The van der Waals surface area contributed by atoms with E-state index in [2.05, 4.69) is 17.6 Å². The lowest BCUT2D eigenvalue weighted by molar-refractivity contribution is -0.128. The minimum Gasteiger partial charge on any atom is -0.394 e. The van der Waals surface area contributed by atoms with Crippen molar-refractivity contribution in [3.63, 3.8) is 0 Å². The van der Waals surface area contributed by atoms with Crippen LogP contribution in [0.5, 0.6) is 0 Å². The minimum atomic E-state index is 0.00905. The van der Waals surface area contributed by atoms with Crippen molar-refractivity contribution < 1.29 is 4.79 Å². The van der Waals surface area contributed by atoms with Gasteiger partial charge in [-0.1, -0.05) is 6.92 Å². The summed E-state index contributed by atoms with van der Waals surface area (Å²) in [5, 5.41) is 6.73. The summed E-state index contributed by atoms with van der Waals surface area (Å²) in [5.74, 6) is 0.00905. The van der Waals surface area contributed by atoms with E-state index in [9.17, 15) is 4.79 Å². The lowest BCUT2D eigenvalue weighted by Gasteiger charge is -2.31. The standard InChI is InChI=1S/C19H35N5O/c1-3-9-23-17-8-7-15(22-11-10-21-2)14-16(17)18(20)19(25)24-12-5-4-6-13-24/h15,21-22H,3-14,20H2,1-2H3. The smallest absolute Gasteiger partial charge is 0.270 e. The zero-order valence-corrected chi connectivity index (χ0v) is 15.9. The molecule has 4 N–H and O–H groups in total. The number of amides is 1. The molecule has 1 amide bonds. The van der Waals surface area contributed by atoms with Crippen LogP contribution in [0.15, 0.2) is 16.3 Å². The molecule has 1 saturated heterocycles. The molecule has 1 aliphatic carbocycles. The Kier molecular flexibility index (Phi) is 8.41. The summed E-state index contributed by atoms with van der Waals surface area (Å²) in [7, 11) is 1.96. The summed E-state index contributed by atoms with van der Waals surface area (Å²) in [4.78, 5) is 19.5. The molecular formula is C19H35N5O. The van der Waals surface area contributed by atoms with Crippen LogP contribution in [0.3, 0.4) is 0 Å². The number of nitrogens with two attached hydrogens (primary N) is 1. The molecule has 1 aliphatic heterocycles. The molecule has 0 spiro atoms. The molecule has 6 nitrogen and oxygen atoms in total. The quantitative estimate of drug-likeness (QED) is 0.480. The maximum atomic E-state index is 12.8. The highest BCUT2D eigenvalue weighted by atomic mass is 16.2. The second kappa shape index (κ2) is 10.6. The van der Waals surface area contributed by atoms with Crippen LogP contribution >= 0.6 is 0 Å². The van der Waals surface area contributed by atoms with Crippen LogP contribution in [0.2, 0.25) is 0 Å². The van der Waals surface area contributed by atoms with Crippen LogP contribution in [-0.2, 0) is 4.79 Å². The van der Waals surface area contributed by atoms with Crippen LogP contribution in [0.25, 0.3) is 0 Å². The zero-order valence-electron chi connectivity index (χ0n) is 15.9. The molecule has 0 aromatic carbocycles. The van der Waals surface area contributed by atoms with Gasteiger partial charge in [0.2, 0.25) is 0 Å². The Bertz CT molecular complexity index is 494. The lowest BCUT2D eigenvalue weighted by atomic mass is 9.87. The number of rotatable bonds is 7. The van der Waals surface area contributed by atoms with Crippen molar-refractivity contribution in [1.29, 1.82) is 0 Å². The Morgan fingerprint density at radius 2 is 2.04 bits per heavy atom. The first-order valence-electron chi connectivity index (χ1n) is 9.87. The number of nitrogens with zero attached hydrogens (tertiary/aromatic N) is 2. The lowest BCUT2D eigenvalue weighted by Crippen LogP contribution is -2.42. The number of hydrogen-bond acceptors (Lipinski definition) is 5. The maximum absolute atomic E-state index is 12.8. The summed E-state index contributed by atoms with van der Waals surface area (Å²) in [6.07, 6.45) is 7.15. The second-order valence-electron chi connectivity index (χ2n) is 7.07. The average molecular weight is 350 g/mol. The highest BCUT2D eigenvalue weighted by Gasteiger charge is 2.28. The number of hydrogen-bond donors (Lipinski definition) is 3. The predicted octanol–water partition coefficient (Wildman–Crippen LogP) is 1.42. The monoisotopic (exact) mass is 349 g/mol. The summed E-state index contributed by atoms with van der Waals surface area (Å²) in [6.45, 7) is 6.46. The van der Waals surface area contributed by atoms with E-state index in [-0.39, 0.29) is 5.91 Å². The minimum absolute atomic E-state index is 0.00905. The van der Waals surface area contributed by atoms with Crippen molar-refractivity contribution in [1.82, 2.24) is 15.5 Å². The normalized spacial score (nSPS) is 25.3. The molecule has 0 bridgehead atoms. The fourth-order valence-electron chi connectivity index (χ4n) is 3.59.